The molecule has 1 unspecified atom stereocenters. The quantitative estimate of drug-likeness (QED) is 0.603. The molecule has 22 heavy (non-hydrogen) atoms. The molecule has 0 aromatic heterocycles. The molecule has 2 amide bonds. The summed E-state index contributed by atoms with van der Waals surface area (Å²) in [6, 6.07) is 11.0. The first-order valence-electron chi connectivity index (χ1n) is 6.68. The maximum atomic E-state index is 12.5. The number of nitrogens with zero attached hydrogens (tertiary/aromatic N) is 4. The molecule has 1 saturated heterocycles. The Balaban J connectivity index is 2.18. The van der Waals surface area contributed by atoms with E-state index in [9.17, 15) is 9.59 Å². The maximum absolute atomic E-state index is 12.5. The summed E-state index contributed by atoms with van der Waals surface area (Å²) in [6.07, 6.45) is 0.381. The van der Waals surface area contributed by atoms with Gasteiger partial charge in [-0.15, -0.1) is 0 Å². The fraction of sp³-hybridized carbons (Fsp3) is 0.333. The molecule has 1 aliphatic heterocycles. The van der Waals surface area contributed by atoms with Crippen LogP contribution in [0.5, 0.6) is 0 Å². The number of para-hydroxylation sites is 1. The fourth-order valence-electron chi connectivity index (χ4n) is 2.42. The van der Waals surface area contributed by atoms with E-state index in [1.165, 1.54) is 0 Å². The molecule has 0 aliphatic carbocycles. The monoisotopic (exact) mass is 360 g/mol. The summed E-state index contributed by atoms with van der Waals surface area (Å²) in [5.41, 5.74) is 0.718. The van der Waals surface area contributed by atoms with E-state index < -0.39 is 11.8 Å². The highest BCUT2D eigenvalue weighted by Crippen LogP contribution is 2.31. The molecule has 2 rings (SSSR count). The van der Waals surface area contributed by atoms with Crippen LogP contribution in [0.15, 0.2) is 28.7 Å². The SMILES string of the molecule is N#CCN(CC#N)C(=O)C1CCN(c2ccccc2Br)C1=O. The van der Waals surface area contributed by atoms with Crippen LogP contribution in [0.25, 0.3) is 0 Å². The van der Waals surface area contributed by atoms with Crippen LogP contribution in [0.4, 0.5) is 5.69 Å². The Morgan fingerprint density at radius 2 is 1.95 bits per heavy atom. The second-order valence-corrected chi connectivity index (χ2v) is 5.65. The van der Waals surface area contributed by atoms with Crippen molar-refractivity contribution in [1.82, 2.24) is 4.90 Å². The van der Waals surface area contributed by atoms with Gasteiger partial charge in [-0.3, -0.25) is 9.59 Å². The van der Waals surface area contributed by atoms with Crippen LogP contribution in [0.2, 0.25) is 0 Å². The second-order valence-electron chi connectivity index (χ2n) is 4.79. The van der Waals surface area contributed by atoms with E-state index in [2.05, 4.69) is 15.9 Å². The van der Waals surface area contributed by atoms with E-state index in [0.717, 1.165) is 15.1 Å². The molecule has 1 heterocycles. The molecule has 0 saturated carbocycles. The second kappa shape index (κ2) is 7.06. The molecule has 1 aromatic carbocycles. The van der Waals surface area contributed by atoms with E-state index in [-0.39, 0.29) is 19.0 Å². The van der Waals surface area contributed by atoms with Crippen LogP contribution in [0, 0.1) is 28.6 Å². The van der Waals surface area contributed by atoms with Gasteiger partial charge >= 0.3 is 0 Å². The zero-order chi connectivity index (χ0) is 16.1. The fourth-order valence-corrected chi connectivity index (χ4v) is 2.92. The Hall–Kier alpha value is -2.38. The summed E-state index contributed by atoms with van der Waals surface area (Å²) in [6.45, 7) is 0.0568. The highest BCUT2D eigenvalue weighted by Gasteiger charge is 2.40. The van der Waals surface area contributed by atoms with Gasteiger partial charge in [0.1, 0.15) is 19.0 Å². The number of amides is 2. The Bertz CT molecular complexity index is 661. The first kappa shape index (κ1) is 16.0. The molecule has 0 N–H and O–H groups in total. The molecule has 6 nitrogen and oxygen atoms in total. The molecular formula is C15H13BrN4O2. The lowest BCUT2D eigenvalue weighted by atomic mass is 10.1. The standard InChI is InChI=1S/C15H13BrN4O2/c16-12-3-1-2-4-13(12)20-8-5-11(15(20)22)14(21)19(9-6-17)10-7-18/h1-4,11H,5,8-10H2. The number of hydrogen-bond acceptors (Lipinski definition) is 4. The topological polar surface area (TPSA) is 88.2 Å². The summed E-state index contributed by atoms with van der Waals surface area (Å²) in [5.74, 6) is -1.57. The molecule has 112 valence electrons. The molecular weight excluding hydrogens is 348 g/mol. The summed E-state index contributed by atoms with van der Waals surface area (Å²) >= 11 is 3.39. The number of nitriles is 2. The average Bonchev–Trinajstić information content (AvgIpc) is 2.88. The number of halogens is 1. The van der Waals surface area contributed by atoms with Gasteiger partial charge in [0.05, 0.1) is 17.8 Å². The van der Waals surface area contributed by atoms with Crippen LogP contribution in [0.3, 0.4) is 0 Å². The van der Waals surface area contributed by atoms with Crippen molar-refractivity contribution >= 4 is 33.4 Å². The molecule has 1 aromatic rings. The van der Waals surface area contributed by atoms with Gasteiger partial charge in [-0.25, -0.2) is 0 Å². The number of carbonyl (C=O) groups is 2. The van der Waals surface area contributed by atoms with Gasteiger partial charge < -0.3 is 9.80 Å². The Kier molecular flexibility index (Phi) is 5.13. The lowest BCUT2D eigenvalue weighted by Crippen LogP contribution is -2.40. The van der Waals surface area contributed by atoms with Crippen molar-refractivity contribution in [2.24, 2.45) is 5.92 Å². The molecule has 0 radical (unpaired) electrons. The van der Waals surface area contributed by atoms with Gasteiger partial charge in [0, 0.05) is 11.0 Å². The van der Waals surface area contributed by atoms with E-state index in [4.69, 9.17) is 10.5 Å². The number of anilines is 1. The highest BCUT2D eigenvalue weighted by molar-refractivity contribution is 9.10. The number of rotatable bonds is 4. The number of carbonyl (C=O) groups excluding carboxylic acids is 2. The Labute approximate surface area is 136 Å². The summed E-state index contributed by atoms with van der Waals surface area (Å²) in [5, 5.41) is 17.5. The summed E-state index contributed by atoms with van der Waals surface area (Å²) in [7, 11) is 0. The van der Waals surface area contributed by atoms with Crippen molar-refractivity contribution in [3.63, 3.8) is 0 Å². The first-order valence-corrected chi connectivity index (χ1v) is 7.48. The maximum Gasteiger partial charge on any atom is 0.239 e. The van der Waals surface area contributed by atoms with Crippen LogP contribution in [-0.4, -0.2) is 36.3 Å². The van der Waals surface area contributed by atoms with Crippen molar-refractivity contribution in [1.29, 1.82) is 10.5 Å². The van der Waals surface area contributed by atoms with Crippen molar-refractivity contribution in [3.05, 3.63) is 28.7 Å². The number of hydrogen-bond donors (Lipinski definition) is 0. The predicted molar refractivity (Wildman–Crippen MR) is 82.4 cm³/mol. The number of benzene rings is 1. The predicted octanol–water partition coefficient (Wildman–Crippen LogP) is 1.68. The molecule has 0 spiro atoms. The summed E-state index contributed by atoms with van der Waals surface area (Å²) in [4.78, 5) is 27.5. The van der Waals surface area contributed by atoms with Crippen molar-refractivity contribution in [2.75, 3.05) is 24.5 Å². The third-order valence-electron chi connectivity index (χ3n) is 3.48. The molecule has 7 heteroatoms. The van der Waals surface area contributed by atoms with E-state index in [0.29, 0.717) is 13.0 Å². The van der Waals surface area contributed by atoms with Gasteiger partial charge in [-0.05, 0) is 34.5 Å². The van der Waals surface area contributed by atoms with E-state index in [1.54, 1.807) is 11.0 Å². The molecule has 1 atom stereocenters. The average molecular weight is 361 g/mol. The first-order chi connectivity index (χ1) is 10.6. The Morgan fingerprint density at radius 3 is 2.55 bits per heavy atom. The van der Waals surface area contributed by atoms with Gasteiger partial charge in [-0.2, -0.15) is 10.5 Å². The van der Waals surface area contributed by atoms with Gasteiger partial charge in [-0.1, -0.05) is 12.1 Å². The third kappa shape index (κ3) is 3.10. The minimum Gasteiger partial charge on any atom is -0.315 e. The zero-order valence-corrected chi connectivity index (χ0v) is 13.3. The van der Waals surface area contributed by atoms with Crippen LogP contribution in [0.1, 0.15) is 6.42 Å². The molecule has 0 bridgehead atoms. The van der Waals surface area contributed by atoms with E-state index >= 15 is 0 Å². The highest BCUT2D eigenvalue weighted by atomic mass is 79.9. The summed E-state index contributed by atoms with van der Waals surface area (Å²) < 4.78 is 0.780. The lowest BCUT2D eigenvalue weighted by Gasteiger charge is -2.21. The van der Waals surface area contributed by atoms with Crippen molar-refractivity contribution in [2.45, 2.75) is 6.42 Å². The van der Waals surface area contributed by atoms with Crippen LogP contribution < -0.4 is 4.90 Å². The van der Waals surface area contributed by atoms with E-state index in [1.807, 2.05) is 30.3 Å². The van der Waals surface area contributed by atoms with Gasteiger partial charge in [0.2, 0.25) is 11.8 Å². The molecule has 1 aliphatic rings. The van der Waals surface area contributed by atoms with Crippen molar-refractivity contribution in [3.8, 4) is 12.1 Å². The largest absolute Gasteiger partial charge is 0.315 e. The van der Waals surface area contributed by atoms with Gasteiger partial charge in [0.25, 0.3) is 0 Å². The Morgan fingerprint density at radius 1 is 1.32 bits per heavy atom. The van der Waals surface area contributed by atoms with Crippen molar-refractivity contribution < 1.29 is 9.59 Å². The normalized spacial score (nSPS) is 17.0. The lowest BCUT2D eigenvalue weighted by molar-refractivity contribution is -0.138. The van der Waals surface area contributed by atoms with Gasteiger partial charge in [0.15, 0.2) is 0 Å². The van der Waals surface area contributed by atoms with Crippen LogP contribution in [-0.2, 0) is 9.59 Å². The van der Waals surface area contributed by atoms with Crippen LogP contribution >= 0.6 is 15.9 Å². The zero-order valence-electron chi connectivity index (χ0n) is 11.7. The minimum absolute atomic E-state index is 0.189. The smallest absolute Gasteiger partial charge is 0.239 e. The third-order valence-corrected chi connectivity index (χ3v) is 4.15. The minimum atomic E-state index is -0.825. The molecule has 1 fully saturated rings.